The Morgan fingerprint density at radius 1 is 1.24 bits per heavy atom. The Bertz CT molecular complexity index is 630. The third-order valence-electron chi connectivity index (χ3n) is 3.42. The largest absolute Gasteiger partial charge is 0.306 e. The van der Waals surface area contributed by atoms with E-state index < -0.39 is 0 Å². The van der Waals surface area contributed by atoms with Crippen molar-refractivity contribution in [1.82, 2.24) is 5.32 Å². The molecule has 1 N–H and O–H groups in total. The van der Waals surface area contributed by atoms with Gasteiger partial charge in [-0.05, 0) is 76.8 Å². The Hall–Kier alpha value is -0.900. The topological polar surface area (TPSA) is 12.0 Å². The van der Waals surface area contributed by atoms with E-state index in [2.05, 4.69) is 28.2 Å². The molecule has 0 fully saturated rings. The molecule has 0 spiro atoms. The fraction of sp³-hybridized carbons (Fsp3) is 0.294. The van der Waals surface area contributed by atoms with Gasteiger partial charge in [0.1, 0.15) is 5.82 Å². The van der Waals surface area contributed by atoms with Gasteiger partial charge < -0.3 is 5.32 Å². The van der Waals surface area contributed by atoms with Crippen LogP contribution in [0.4, 0.5) is 4.39 Å². The Balaban J connectivity index is 2.44. The van der Waals surface area contributed by atoms with Gasteiger partial charge in [0.25, 0.3) is 0 Å². The molecule has 0 aliphatic rings. The Kier molecular flexibility index (Phi) is 5.80. The molecule has 2 rings (SSSR count). The molecule has 1 unspecified atom stereocenters. The first-order chi connectivity index (χ1) is 10.0. The van der Waals surface area contributed by atoms with E-state index >= 15 is 0 Å². The highest BCUT2D eigenvalue weighted by Crippen LogP contribution is 2.29. The lowest BCUT2D eigenvalue weighted by atomic mass is 9.95. The van der Waals surface area contributed by atoms with Crippen LogP contribution < -0.4 is 5.32 Å². The minimum Gasteiger partial charge on any atom is -0.306 e. The monoisotopic (exact) mass is 369 g/mol. The van der Waals surface area contributed by atoms with Crippen molar-refractivity contribution in [2.45, 2.75) is 26.3 Å². The van der Waals surface area contributed by atoms with Gasteiger partial charge in [-0.2, -0.15) is 0 Å². The van der Waals surface area contributed by atoms with Gasteiger partial charge in [0.2, 0.25) is 0 Å². The van der Waals surface area contributed by atoms with Gasteiger partial charge in [0.05, 0.1) is 10.5 Å². The summed E-state index contributed by atoms with van der Waals surface area (Å²) in [7, 11) is 0. The summed E-state index contributed by atoms with van der Waals surface area (Å²) in [6.45, 7) is 5.06. The van der Waals surface area contributed by atoms with Crippen molar-refractivity contribution >= 4 is 27.5 Å². The van der Waals surface area contributed by atoms with Gasteiger partial charge in [0, 0.05) is 5.02 Å². The summed E-state index contributed by atoms with van der Waals surface area (Å²) in [6.07, 6.45) is 1.03. The van der Waals surface area contributed by atoms with E-state index in [0.29, 0.717) is 4.47 Å². The van der Waals surface area contributed by atoms with Gasteiger partial charge in [-0.3, -0.25) is 0 Å². The molecule has 2 aromatic carbocycles. The zero-order chi connectivity index (χ0) is 15.4. The van der Waals surface area contributed by atoms with Crippen molar-refractivity contribution in [2.75, 3.05) is 6.54 Å². The summed E-state index contributed by atoms with van der Waals surface area (Å²) in [6, 6.07) is 11.0. The lowest BCUT2D eigenvalue weighted by molar-refractivity contribution is 0.589. The first kappa shape index (κ1) is 16.5. The van der Waals surface area contributed by atoms with Crippen molar-refractivity contribution in [2.24, 2.45) is 0 Å². The van der Waals surface area contributed by atoms with Gasteiger partial charge in [-0.25, -0.2) is 4.39 Å². The van der Waals surface area contributed by atoms with Crippen LogP contribution in [0.1, 0.15) is 36.1 Å². The number of halogens is 3. The zero-order valence-corrected chi connectivity index (χ0v) is 14.4. The predicted molar refractivity (Wildman–Crippen MR) is 90.4 cm³/mol. The quantitative estimate of drug-likeness (QED) is 0.718. The van der Waals surface area contributed by atoms with Gasteiger partial charge in [-0.15, -0.1) is 0 Å². The number of hydrogen-bond acceptors (Lipinski definition) is 1. The number of aryl methyl sites for hydroxylation is 1. The molecule has 0 amide bonds. The van der Waals surface area contributed by atoms with E-state index in [9.17, 15) is 4.39 Å². The molecule has 0 saturated heterocycles. The van der Waals surface area contributed by atoms with E-state index in [1.165, 1.54) is 6.07 Å². The maximum Gasteiger partial charge on any atom is 0.137 e. The highest BCUT2D eigenvalue weighted by molar-refractivity contribution is 9.10. The fourth-order valence-electron chi connectivity index (χ4n) is 2.35. The van der Waals surface area contributed by atoms with Crippen molar-refractivity contribution < 1.29 is 4.39 Å². The standard InChI is InChI=1S/C17H18BrClFN/c1-3-8-21-17(12-4-7-16(20)15(18)10-12)14-6-5-13(19)9-11(14)2/h4-7,9-10,17,21H,3,8H2,1-2H3. The number of nitrogens with one attached hydrogen (secondary N) is 1. The summed E-state index contributed by atoms with van der Waals surface area (Å²) in [5.74, 6) is -0.249. The van der Waals surface area contributed by atoms with Crippen LogP contribution in [0.2, 0.25) is 5.02 Å². The second kappa shape index (κ2) is 7.39. The fourth-order valence-corrected chi connectivity index (χ4v) is 2.97. The van der Waals surface area contributed by atoms with Gasteiger partial charge in [-0.1, -0.05) is 30.7 Å². The molecule has 0 aliphatic heterocycles. The average Bonchev–Trinajstić information content (AvgIpc) is 2.44. The normalized spacial score (nSPS) is 12.4. The minimum absolute atomic E-state index is 0.0270. The predicted octanol–water partition coefficient (Wildman–Crippen LogP) is 5.64. The molecule has 0 radical (unpaired) electrons. The van der Waals surface area contributed by atoms with Crippen LogP contribution >= 0.6 is 27.5 Å². The summed E-state index contributed by atoms with van der Waals surface area (Å²) in [5.41, 5.74) is 3.31. The summed E-state index contributed by atoms with van der Waals surface area (Å²) in [4.78, 5) is 0. The Morgan fingerprint density at radius 3 is 2.62 bits per heavy atom. The summed E-state index contributed by atoms with van der Waals surface area (Å²) < 4.78 is 13.9. The van der Waals surface area contributed by atoms with Crippen molar-refractivity contribution in [3.8, 4) is 0 Å². The third-order valence-corrected chi connectivity index (χ3v) is 4.26. The van der Waals surface area contributed by atoms with Crippen molar-refractivity contribution in [3.05, 3.63) is 68.4 Å². The molecule has 4 heteroatoms. The van der Waals surface area contributed by atoms with Crippen LogP contribution in [0.3, 0.4) is 0 Å². The second-order valence-corrected chi connectivity index (χ2v) is 6.35. The zero-order valence-electron chi connectivity index (χ0n) is 12.1. The number of rotatable bonds is 5. The molecule has 0 heterocycles. The number of hydrogen-bond donors (Lipinski definition) is 1. The van der Waals surface area contributed by atoms with Crippen LogP contribution in [0.5, 0.6) is 0 Å². The van der Waals surface area contributed by atoms with E-state index in [-0.39, 0.29) is 11.9 Å². The molecule has 112 valence electrons. The first-order valence-electron chi connectivity index (χ1n) is 6.97. The van der Waals surface area contributed by atoms with Crippen molar-refractivity contribution in [3.63, 3.8) is 0 Å². The van der Waals surface area contributed by atoms with E-state index in [4.69, 9.17) is 11.6 Å². The molecule has 21 heavy (non-hydrogen) atoms. The van der Waals surface area contributed by atoms with E-state index in [1.54, 1.807) is 0 Å². The highest BCUT2D eigenvalue weighted by atomic mass is 79.9. The summed E-state index contributed by atoms with van der Waals surface area (Å²) in [5, 5.41) is 4.25. The molecule has 0 saturated carbocycles. The molecule has 0 aromatic heterocycles. The minimum atomic E-state index is -0.249. The second-order valence-electron chi connectivity index (χ2n) is 5.06. The SMILES string of the molecule is CCCNC(c1ccc(F)c(Br)c1)c1ccc(Cl)cc1C. The lowest BCUT2D eigenvalue weighted by Crippen LogP contribution is -2.24. The molecule has 2 aromatic rings. The maximum atomic E-state index is 13.5. The Labute approximate surface area is 138 Å². The summed E-state index contributed by atoms with van der Waals surface area (Å²) >= 11 is 9.30. The van der Waals surface area contributed by atoms with Crippen LogP contribution in [-0.2, 0) is 0 Å². The average molecular weight is 371 g/mol. The Morgan fingerprint density at radius 2 is 2.00 bits per heavy atom. The van der Waals surface area contributed by atoms with Gasteiger partial charge >= 0.3 is 0 Å². The highest BCUT2D eigenvalue weighted by Gasteiger charge is 2.16. The molecule has 1 atom stereocenters. The third kappa shape index (κ3) is 4.06. The van der Waals surface area contributed by atoms with Gasteiger partial charge in [0.15, 0.2) is 0 Å². The number of benzene rings is 2. The van der Waals surface area contributed by atoms with Crippen LogP contribution in [-0.4, -0.2) is 6.54 Å². The van der Waals surface area contributed by atoms with Crippen molar-refractivity contribution in [1.29, 1.82) is 0 Å². The maximum absolute atomic E-state index is 13.5. The lowest BCUT2D eigenvalue weighted by Gasteiger charge is -2.22. The molecular weight excluding hydrogens is 353 g/mol. The van der Waals surface area contributed by atoms with E-state index in [0.717, 1.165) is 34.7 Å². The van der Waals surface area contributed by atoms with Crippen LogP contribution in [0.15, 0.2) is 40.9 Å². The smallest absolute Gasteiger partial charge is 0.137 e. The molecule has 0 aliphatic carbocycles. The molecular formula is C17H18BrClFN. The van der Waals surface area contributed by atoms with Crippen LogP contribution in [0, 0.1) is 12.7 Å². The molecule has 0 bridgehead atoms. The van der Waals surface area contributed by atoms with Crippen LogP contribution in [0.25, 0.3) is 0 Å². The molecule has 1 nitrogen and oxygen atoms in total. The first-order valence-corrected chi connectivity index (χ1v) is 8.14. The van der Waals surface area contributed by atoms with E-state index in [1.807, 2.05) is 37.3 Å².